The Morgan fingerprint density at radius 3 is 2.16 bits per heavy atom. The average Bonchev–Trinajstić information content (AvgIpc) is 3.11. The maximum absolute atomic E-state index is 12.3. The maximum Gasteiger partial charge on any atom is 0.238 e. The monoisotopic (exact) mass is 498 g/mol. The zero-order chi connectivity index (χ0) is 22.2. The first-order valence-corrected chi connectivity index (χ1v) is 11.7. The lowest BCUT2D eigenvalue weighted by molar-refractivity contribution is 0.415. The molecule has 0 atom stereocenters. The van der Waals surface area contributed by atoms with Crippen LogP contribution in [0.25, 0.3) is 33.6 Å². The first kappa shape index (κ1) is 21.3. The van der Waals surface area contributed by atoms with Crippen LogP contribution < -0.4 is 9.88 Å². The lowest BCUT2D eigenvalue weighted by Crippen LogP contribution is -2.13. The number of rotatable bonds is 5. The van der Waals surface area contributed by atoms with E-state index in [1.54, 1.807) is 37.4 Å². The van der Waals surface area contributed by atoms with E-state index in [0.717, 1.165) is 26.9 Å². The zero-order valence-electron chi connectivity index (χ0n) is 16.8. The summed E-state index contributed by atoms with van der Waals surface area (Å²) in [5.41, 5.74) is 4.48. The summed E-state index contributed by atoms with van der Waals surface area (Å²) in [5, 5.41) is 9.53. The summed E-state index contributed by atoms with van der Waals surface area (Å²) in [6.45, 7) is 1.85. The van der Waals surface area contributed by atoms with Crippen molar-refractivity contribution in [1.29, 1.82) is 0 Å². The molecule has 0 radical (unpaired) electrons. The van der Waals surface area contributed by atoms with E-state index in [9.17, 15) is 8.42 Å². The molecular formula is C23H19BrN2O4S. The Bertz CT molecular complexity index is 1360. The van der Waals surface area contributed by atoms with E-state index in [1.807, 2.05) is 37.3 Å². The van der Waals surface area contributed by atoms with Crippen molar-refractivity contribution in [3.8, 4) is 39.3 Å². The van der Waals surface area contributed by atoms with Gasteiger partial charge in [0, 0.05) is 11.1 Å². The molecule has 0 amide bonds. The molecule has 6 nitrogen and oxygen atoms in total. The summed E-state index contributed by atoms with van der Waals surface area (Å²) in [4.78, 5) is 0.0515. The lowest BCUT2D eigenvalue weighted by atomic mass is 9.95. The van der Waals surface area contributed by atoms with E-state index in [2.05, 4.69) is 21.1 Å². The second-order valence-corrected chi connectivity index (χ2v) is 9.26. The van der Waals surface area contributed by atoms with Crippen molar-refractivity contribution in [3.05, 3.63) is 76.9 Å². The van der Waals surface area contributed by atoms with Crippen molar-refractivity contribution < 1.29 is 17.7 Å². The Morgan fingerprint density at radius 2 is 1.58 bits per heavy atom. The number of primary sulfonamides is 1. The summed E-state index contributed by atoms with van der Waals surface area (Å²) in [5.74, 6) is 1.28. The van der Waals surface area contributed by atoms with Gasteiger partial charge in [-0.25, -0.2) is 13.6 Å². The molecule has 0 saturated heterocycles. The largest absolute Gasteiger partial charge is 0.497 e. The van der Waals surface area contributed by atoms with Gasteiger partial charge in [-0.2, -0.15) is 0 Å². The van der Waals surface area contributed by atoms with E-state index in [1.165, 1.54) is 6.07 Å². The van der Waals surface area contributed by atoms with Crippen molar-refractivity contribution in [2.24, 2.45) is 5.14 Å². The standard InChI is InChI=1S/C23H19BrN2O4S/c1-14-22(24)23(30-26-14)19-6-4-3-5-18(19)16-9-12-21(31(25,27)28)20(13-16)15-7-10-17(29-2)11-8-15/h3-13H,1-2H3,(H2,25,27,28). The van der Waals surface area contributed by atoms with E-state index in [4.69, 9.17) is 14.4 Å². The van der Waals surface area contributed by atoms with E-state index in [-0.39, 0.29) is 4.90 Å². The van der Waals surface area contributed by atoms with E-state index < -0.39 is 10.0 Å². The summed E-state index contributed by atoms with van der Waals surface area (Å²) in [7, 11) is -2.35. The number of hydrogen-bond acceptors (Lipinski definition) is 5. The van der Waals surface area contributed by atoms with Gasteiger partial charge in [0.2, 0.25) is 10.0 Å². The fraction of sp³-hybridized carbons (Fsp3) is 0.0870. The molecule has 4 aromatic rings. The van der Waals surface area contributed by atoms with E-state index >= 15 is 0 Å². The number of nitrogens with two attached hydrogens (primary N) is 1. The number of aryl methyl sites for hydroxylation is 1. The first-order valence-electron chi connectivity index (χ1n) is 9.32. The minimum atomic E-state index is -3.93. The van der Waals surface area contributed by atoms with Crippen LogP contribution in [0.3, 0.4) is 0 Å². The molecule has 1 aromatic heterocycles. The summed E-state index contributed by atoms with van der Waals surface area (Å²) in [6, 6.07) is 19.9. The topological polar surface area (TPSA) is 95.4 Å². The third-order valence-corrected chi connectivity index (χ3v) is 6.86. The Balaban J connectivity index is 1.93. The van der Waals surface area contributed by atoms with Crippen molar-refractivity contribution in [2.75, 3.05) is 7.11 Å². The number of methoxy groups -OCH3 is 1. The van der Waals surface area contributed by atoms with Crippen molar-refractivity contribution in [1.82, 2.24) is 5.16 Å². The second-order valence-electron chi connectivity index (χ2n) is 6.94. The van der Waals surface area contributed by atoms with Gasteiger partial charge in [-0.05, 0) is 63.8 Å². The van der Waals surface area contributed by atoms with Gasteiger partial charge in [-0.3, -0.25) is 0 Å². The minimum absolute atomic E-state index is 0.0515. The van der Waals surface area contributed by atoms with Crippen LogP contribution in [0.15, 0.2) is 80.6 Å². The number of hydrogen-bond donors (Lipinski definition) is 1. The molecule has 3 aromatic carbocycles. The maximum atomic E-state index is 12.3. The van der Waals surface area contributed by atoms with Crippen LogP contribution in [0.1, 0.15) is 5.69 Å². The molecule has 158 valence electrons. The third kappa shape index (κ3) is 4.14. The molecule has 8 heteroatoms. The molecule has 0 spiro atoms. The highest BCUT2D eigenvalue weighted by Crippen LogP contribution is 2.39. The van der Waals surface area contributed by atoms with Crippen molar-refractivity contribution >= 4 is 26.0 Å². The number of sulfonamides is 1. The van der Waals surface area contributed by atoms with E-state index in [0.29, 0.717) is 22.6 Å². The normalized spacial score (nSPS) is 11.5. The van der Waals surface area contributed by atoms with Gasteiger partial charge in [-0.15, -0.1) is 0 Å². The summed E-state index contributed by atoms with van der Waals surface area (Å²) in [6.07, 6.45) is 0. The van der Waals surface area contributed by atoms with Gasteiger partial charge in [0.1, 0.15) is 5.75 Å². The number of aromatic nitrogens is 1. The van der Waals surface area contributed by atoms with Crippen LogP contribution in [0.5, 0.6) is 5.75 Å². The van der Waals surface area contributed by atoms with Gasteiger partial charge in [0.15, 0.2) is 5.76 Å². The number of nitrogens with zero attached hydrogens (tertiary/aromatic N) is 1. The summed E-state index contributed by atoms with van der Waals surface area (Å²) >= 11 is 3.53. The van der Waals surface area contributed by atoms with Crippen LogP contribution >= 0.6 is 15.9 Å². The highest BCUT2D eigenvalue weighted by Gasteiger charge is 2.20. The lowest BCUT2D eigenvalue weighted by Gasteiger charge is -2.13. The quantitative estimate of drug-likeness (QED) is 0.397. The van der Waals surface area contributed by atoms with Gasteiger partial charge in [-0.1, -0.05) is 47.6 Å². The molecule has 0 fully saturated rings. The zero-order valence-corrected chi connectivity index (χ0v) is 19.2. The Hall–Kier alpha value is -2.94. The van der Waals surface area contributed by atoms with Gasteiger partial charge < -0.3 is 9.26 Å². The average molecular weight is 499 g/mol. The number of halogens is 1. The third-order valence-electron chi connectivity index (χ3n) is 4.96. The Labute approximate surface area is 188 Å². The molecule has 0 unspecified atom stereocenters. The first-order chi connectivity index (χ1) is 14.8. The summed E-state index contributed by atoms with van der Waals surface area (Å²) < 4.78 is 36.0. The number of benzene rings is 3. The Kier molecular flexibility index (Phi) is 5.70. The smallest absolute Gasteiger partial charge is 0.238 e. The predicted octanol–water partition coefficient (Wildman–Crippen LogP) is 5.40. The highest BCUT2D eigenvalue weighted by atomic mass is 79.9. The molecule has 0 aliphatic rings. The van der Waals surface area contributed by atoms with Gasteiger partial charge in [0.25, 0.3) is 0 Å². The van der Waals surface area contributed by atoms with Crippen LogP contribution in [0.2, 0.25) is 0 Å². The molecule has 0 aliphatic carbocycles. The molecule has 0 bridgehead atoms. The number of ether oxygens (including phenoxy) is 1. The van der Waals surface area contributed by atoms with Crippen molar-refractivity contribution in [2.45, 2.75) is 11.8 Å². The minimum Gasteiger partial charge on any atom is -0.497 e. The molecular weight excluding hydrogens is 480 g/mol. The van der Waals surface area contributed by atoms with Crippen molar-refractivity contribution in [3.63, 3.8) is 0 Å². The molecule has 0 saturated carbocycles. The highest BCUT2D eigenvalue weighted by molar-refractivity contribution is 9.10. The predicted molar refractivity (Wildman–Crippen MR) is 123 cm³/mol. The Morgan fingerprint density at radius 1 is 0.935 bits per heavy atom. The molecule has 2 N–H and O–H groups in total. The molecule has 1 heterocycles. The van der Waals surface area contributed by atoms with Gasteiger partial charge in [0.05, 0.1) is 22.2 Å². The van der Waals surface area contributed by atoms with Crippen LogP contribution in [-0.2, 0) is 10.0 Å². The molecule has 4 rings (SSSR count). The van der Waals surface area contributed by atoms with Crippen LogP contribution in [0.4, 0.5) is 0 Å². The second kappa shape index (κ2) is 8.30. The fourth-order valence-corrected chi connectivity index (χ4v) is 4.50. The molecule has 0 aliphatic heterocycles. The SMILES string of the molecule is COc1ccc(-c2cc(-c3ccccc3-c3onc(C)c3Br)ccc2S(N)(=O)=O)cc1. The van der Waals surface area contributed by atoms with Crippen LogP contribution in [-0.4, -0.2) is 20.7 Å². The molecule has 31 heavy (non-hydrogen) atoms. The van der Waals surface area contributed by atoms with Gasteiger partial charge >= 0.3 is 0 Å². The van der Waals surface area contributed by atoms with Crippen LogP contribution in [0, 0.1) is 6.92 Å². The fourth-order valence-electron chi connectivity index (χ4n) is 3.40.